The number of nitrogens with zero attached hydrogens (tertiary/aromatic N) is 2. The highest BCUT2D eigenvalue weighted by atomic mass is 16.6. The van der Waals surface area contributed by atoms with Crippen molar-refractivity contribution in [3.63, 3.8) is 0 Å². The van der Waals surface area contributed by atoms with E-state index in [0.29, 0.717) is 12.5 Å². The van der Waals surface area contributed by atoms with E-state index in [1.807, 2.05) is 46.1 Å². The van der Waals surface area contributed by atoms with Crippen LogP contribution in [0.2, 0.25) is 0 Å². The largest absolute Gasteiger partial charge is 0.442 e. The predicted octanol–water partition coefficient (Wildman–Crippen LogP) is 4.37. The smallest absolute Gasteiger partial charge is 0.431 e. The molecule has 0 atom stereocenters. The van der Waals surface area contributed by atoms with E-state index in [1.54, 1.807) is 0 Å². The fourth-order valence-electron chi connectivity index (χ4n) is 2.15. The number of carbonyl (C=O) groups is 1. The van der Waals surface area contributed by atoms with Crippen molar-refractivity contribution in [2.45, 2.75) is 65.4 Å². The number of ether oxygens (including phenoxy) is 1. The van der Waals surface area contributed by atoms with Gasteiger partial charge in [-0.05, 0) is 46.5 Å². The van der Waals surface area contributed by atoms with E-state index in [-0.39, 0.29) is 6.09 Å². The van der Waals surface area contributed by atoms with Crippen LogP contribution in [0.15, 0.2) is 17.3 Å². The molecule has 0 N–H and O–H groups in total. The average Bonchev–Trinajstić information content (AvgIpc) is 2.38. The van der Waals surface area contributed by atoms with Gasteiger partial charge in [0.25, 0.3) is 0 Å². The first kappa shape index (κ1) is 16.7. The molecule has 0 aromatic carbocycles. The molecule has 20 heavy (non-hydrogen) atoms. The van der Waals surface area contributed by atoms with E-state index in [1.165, 1.54) is 37.1 Å². The number of amides is 1. The van der Waals surface area contributed by atoms with Crippen molar-refractivity contribution in [1.29, 1.82) is 0 Å². The second-order valence-electron chi connectivity index (χ2n) is 6.29. The number of rotatable bonds is 4. The van der Waals surface area contributed by atoms with E-state index in [0.717, 1.165) is 0 Å². The van der Waals surface area contributed by atoms with Crippen molar-refractivity contribution in [3.05, 3.63) is 12.2 Å². The van der Waals surface area contributed by atoms with Crippen LogP contribution in [0, 0.1) is 5.92 Å². The maximum Gasteiger partial charge on any atom is 0.431 e. The summed E-state index contributed by atoms with van der Waals surface area (Å²) in [4.78, 5) is 12.1. The van der Waals surface area contributed by atoms with Crippen LogP contribution in [0.3, 0.4) is 0 Å². The van der Waals surface area contributed by atoms with Crippen LogP contribution < -0.4 is 0 Å². The Morgan fingerprint density at radius 1 is 1.30 bits per heavy atom. The van der Waals surface area contributed by atoms with Crippen molar-refractivity contribution in [2.75, 3.05) is 6.54 Å². The summed E-state index contributed by atoms with van der Waals surface area (Å²) in [5.74, 6) is 0.499. The summed E-state index contributed by atoms with van der Waals surface area (Å²) in [6.07, 6.45) is 11.5. The van der Waals surface area contributed by atoms with Crippen molar-refractivity contribution in [1.82, 2.24) is 5.01 Å². The summed E-state index contributed by atoms with van der Waals surface area (Å²) in [7, 11) is 0. The Morgan fingerprint density at radius 3 is 2.50 bits per heavy atom. The number of hydrogen-bond acceptors (Lipinski definition) is 3. The highest BCUT2D eigenvalue weighted by molar-refractivity contribution is 5.70. The Labute approximate surface area is 122 Å². The predicted molar refractivity (Wildman–Crippen MR) is 82.8 cm³/mol. The van der Waals surface area contributed by atoms with Crippen LogP contribution in [0.1, 0.15) is 59.8 Å². The molecule has 4 nitrogen and oxygen atoms in total. The van der Waals surface area contributed by atoms with Crippen molar-refractivity contribution in [3.8, 4) is 0 Å². The van der Waals surface area contributed by atoms with E-state index in [9.17, 15) is 4.79 Å². The van der Waals surface area contributed by atoms with Gasteiger partial charge in [-0.2, -0.15) is 10.1 Å². The van der Waals surface area contributed by atoms with E-state index in [2.05, 4.69) is 5.10 Å². The highest BCUT2D eigenvalue weighted by Gasteiger charge is 2.21. The van der Waals surface area contributed by atoms with Gasteiger partial charge in [-0.15, -0.1) is 0 Å². The van der Waals surface area contributed by atoms with Gasteiger partial charge >= 0.3 is 6.09 Å². The lowest BCUT2D eigenvalue weighted by Crippen LogP contribution is -2.34. The SMILES string of the molecule is C/C=C/CN(/N=C/C1CCCCC1)C(=O)OC(C)(C)C. The fraction of sp³-hybridized carbons (Fsp3) is 0.750. The third-order valence-electron chi connectivity index (χ3n) is 3.18. The Balaban J connectivity index is 2.62. The Kier molecular flexibility index (Phi) is 6.76. The zero-order valence-corrected chi connectivity index (χ0v) is 13.3. The molecule has 0 heterocycles. The number of hydrogen-bond donors (Lipinski definition) is 0. The quantitative estimate of drug-likeness (QED) is 0.436. The monoisotopic (exact) mass is 280 g/mol. The molecule has 0 spiro atoms. The molecule has 0 unspecified atom stereocenters. The topological polar surface area (TPSA) is 41.9 Å². The summed E-state index contributed by atoms with van der Waals surface area (Å²) in [5.41, 5.74) is -0.494. The minimum atomic E-state index is -0.494. The first-order valence-electron chi connectivity index (χ1n) is 7.58. The zero-order valence-electron chi connectivity index (χ0n) is 13.3. The van der Waals surface area contributed by atoms with Gasteiger partial charge in [-0.1, -0.05) is 31.4 Å². The third kappa shape index (κ3) is 6.73. The third-order valence-corrected chi connectivity index (χ3v) is 3.18. The summed E-state index contributed by atoms with van der Waals surface area (Å²) < 4.78 is 5.38. The van der Waals surface area contributed by atoms with E-state index >= 15 is 0 Å². The maximum atomic E-state index is 12.1. The first-order valence-corrected chi connectivity index (χ1v) is 7.58. The van der Waals surface area contributed by atoms with Crippen LogP contribution in [0.4, 0.5) is 4.79 Å². The standard InChI is InChI=1S/C16H28N2O2/c1-5-6-12-18(15(19)20-16(2,3)4)17-13-14-10-8-7-9-11-14/h5-6,13-14H,7-12H2,1-4H3/b6-5+,17-13+. The molecule has 1 fully saturated rings. The van der Waals surface area contributed by atoms with Gasteiger partial charge in [0.15, 0.2) is 0 Å². The van der Waals surface area contributed by atoms with E-state index in [4.69, 9.17) is 4.74 Å². The van der Waals surface area contributed by atoms with Crippen LogP contribution in [0.25, 0.3) is 0 Å². The maximum absolute atomic E-state index is 12.1. The molecule has 1 saturated carbocycles. The van der Waals surface area contributed by atoms with Gasteiger partial charge in [0, 0.05) is 6.21 Å². The molecule has 0 aliphatic heterocycles. The molecule has 1 aliphatic carbocycles. The fourth-order valence-corrected chi connectivity index (χ4v) is 2.15. The lowest BCUT2D eigenvalue weighted by Gasteiger charge is -2.24. The molecule has 0 bridgehead atoms. The zero-order chi connectivity index (χ0) is 15.0. The number of carbonyl (C=O) groups excluding carboxylic acids is 1. The summed E-state index contributed by atoms with van der Waals surface area (Å²) in [6, 6.07) is 0. The van der Waals surface area contributed by atoms with Crippen LogP contribution >= 0.6 is 0 Å². The van der Waals surface area contributed by atoms with Gasteiger partial charge < -0.3 is 4.74 Å². The van der Waals surface area contributed by atoms with Crippen molar-refractivity contribution in [2.24, 2.45) is 11.0 Å². The Hall–Kier alpha value is -1.32. The van der Waals surface area contributed by atoms with Crippen molar-refractivity contribution < 1.29 is 9.53 Å². The van der Waals surface area contributed by atoms with Gasteiger partial charge in [0.05, 0.1) is 6.54 Å². The lowest BCUT2D eigenvalue weighted by atomic mass is 9.90. The van der Waals surface area contributed by atoms with Gasteiger partial charge in [0.1, 0.15) is 5.60 Å². The second-order valence-corrected chi connectivity index (χ2v) is 6.29. The molecule has 114 valence electrons. The molecular weight excluding hydrogens is 252 g/mol. The Morgan fingerprint density at radius 2 is 1.95 bits per heavy atom. The molecule has 0 aromatic heterocycles. The molecule has 1 amide bonds. The molecule has 1 aliphatic rings. The van der Waals surface area contributed by atoms with Gasteiger partial charge in [-0.3, -0.25) is 0 Å². The summed E-state index contributed by atoms with van der Waals surface area (Å²) in [6.45, 7) is 7.98. The Bertz CT molecular complexity index is 350. The van der Waals surface area contributed by atoms with Crippen LogP contribution in [0.5, 0.6) is 0 Å². The van der Waals surface area contributed by atoms with Gasteiger partial charge in [-0.25, -0.2) is 4.79 Å². The molecule has 0 radical (unpaired) electrons. The van der Waals surface area contributed by atoms with Crippen LogP contribution in [-0.4, -0.2) is 29.5 Å². The molecule has 1 rings (SSSR count). The summed E-state index contributed by atoms with van der Waals surface area (Å²) >= 11 is 0. The number of allylic oxidation sites excluding steroid dienone is 1. The minimum Gasteiger partial charge on any atom is -0.442 e. The molecule has 4 heteroatoms. The van der Waals surface area contributed by atoms with E-state index < -0.39 is 5.60 Å². The first-order chi connectivity index (χ1) is 9.42. The second kappa shape index (κ2) is 8.08. The summed E-state index contributed by atoms with van der Waals surface area (Å²) in [5, 5.41) is 5.75. The van der Waals surface area contributed by atoms with Gasteiger partial charge in [0.2, 0.25) is 0 Å². The number of hydrazone groups is 1. The molecule has 0 saturated heterocycles. The average molecular weight is 280 g/mol. The molecular formula is C16H28N2O2. The lowest BCUT2D eigenvalue weighted by molar-refractivity contribution is 0.0276. The normalized spacial score (nSPS) is 17.8. The molecule has 0 aromatic rings. The minimum absolute atomic E-state index is 0.386. The van der Waals surface area contributed by atoms with Crippen molar-refractivity contribution >= 4 is 12.3 Å². The highest BCUT2D eigenvalue weighted by Crippen LogP contribution is 2.22. The van der Waals surface area contributed by atoms with Crippen LogP contribution in [-0.2, 0) is 4.74 Å².